The summed E-state index contributed by atoms with van der Waals surface area (Å²) in [4.78, 5) is 35.6. The molecule has 0 saturated heterocycles. The molecule has 2 aromatic rings. The van der Waals surface area contributed by atoms with Crippen molar-refractivity contribution < 1.29 is 23.9 Å². The molecule has 0 bridgehead atoms. The monoisotopic (exact) mass is 422 g/mol. The van der Waals surface area contributed by atoms with Crippen LogP contribution in [0.2, 0.25) is 0 Å². The largest absolute Gasteiger partial charge is 0.490 e. The normalized spacial score (nSPS) is 10.4. The molecule has 0 radical (unpaired) electrons. The van der Waals surface area contributed by atoms with Gasteiger partial charge in [-0.25, -0.2) is 4.79 Å². The second kappa shape index (κ2) is 12.0. The Morgan fingerprint density at radius 2 is 1.77 bits per heavy atom. The van der Waals surface area contributed by atoms with Crippen LogP contribution in [-0.2, 0) is 19.1 Å². The first-order valence-corrected chi connectivity index (χ1v) is 9.70. The van der Waals surface area contributed by atoms with Crippen LogP contribution < -0.4 is 15.4 Å². The quantitative estimate of drug-likeness (QED) is 0.348. The van der Waals surface area contributed by atoms with Gasteiger partial charge in [0.1, 0.15) is 12.4 Å². The number of aryl methyl sites for hydroxylation is 1. The van der Waals surface area contributed by atoms with Crippen LogP contribution in [0.3, 0.4) is 0 Å². The number of carbonyl (C=O) groups excluding carboxylic acids is 3. The Balaban J connectivity index is 1.71. The lowest BCUT2D eigenvalue weighted by atomic mass is 10.1. The summed E-state index contributed by atoms with van der Waals surface area (Å²) in [5.74, 6) is -0.907. The number of ether oxygens (including phenoxy) is 2. The van der Waals surface area contributed by atoms with Crippen molar-refractivity contribution in [2.24, 2.45) is 0 Å². The fraction of sp³-hybridized carbons (Fsp3) is 0.208. The van der Waals surface area contributed by atoms with Crippen molar-refractivity contribution in [2.75, 3.05) is 25.1 Å². The average molecular weight is 422 g/mol. The van der Waals surface area contributed by atoms with E-state index >= 15 is 0 Å². The fourth-order valence-electron chi connectivity index (χ4n) is 2.49. The van der Waals surface area contributed by atoms with Crippen LogP contribution in [0.25, 0.3) is 6.08 Å². The van der Waals surface area contributed by atoms with Crippen molar-refractivity contribution in [3.05, 3.63) is 77.9 Å². The smallest absolute Gasteiger partial charge is 0.331 e. The molecule has 0 saturated carbocycles. The lowest BCUT2D eigenvalue weighted by molar-refractivity contribution is -0.143. The highest BCUT2D eigenvalue weighted by molar-refractivity contribution is 5.95. The van der Waals surface area contributed by atoms with Crippen LogP contribution in [0.15, 0.2) is 61.2 Å². The van der Waals surface area contributed by atoms with Crippen molar-refractivity contribution in [1.82, 2.24) is 5.32 Å². The van der Waals surface area contributed by atoms with Gasteiger partial charge in [0.2, 0.25) is 5.91 Å². The molecule has 0 aliphatic carbocycles. The minimum Gasteiger partial charge on any atom is -0.490 e. The van der Waals surface area contributed by atoms with E-state index < -0.39 is 18.5 Å². The molecule has 0 atom stereocenters. The molecule has 0 aromatic heterocycles. The minimum absolute atomic E-state index is 0.222. The molecule has 0 fully saturated rings. The molecule has 0 heterocycles. The van der Waals surface area contributed by atoms with Crippen molar-refractivity contribution in [1.29, 1.82) is 0 Å². The lowest BCUT2D eigenvalue weighted by Gasteiger charge is -2.11. The third-order valence-electron chi connectivity index (χ3n) is 4.33. The SMILES string of the molecule is C=CCOc1ccc(/C=C/C(=O)OCC(=O)NCC(=O)Nc2cccc(C)c2C)cc1. The van der Waals surface area contributed by atoms with Gasteiger partial charge in [-0.1, -0.05) is 36.9 Å². The van der Waals surface area contributed by atoms with Crippen molar-refractivity contribution in [2.45, 2.75) is 13.8 Å². The Morgan fingerprint density at radius 3 is 2.48 bits per heavy atom. The van der Waals surface area contributed by atoms with Crippen LogP contribution >= 0.6 is 0 Å². The standard InChI is InChI=1S/C24H26N2O5/c1-4-14-30-20-11-8-19(9-12-20)10-13-24(29)31-16-23(28)25-15-22(27)26-21-7-5-6-17(2)18(21)3/h4-13H,1,14-16H2,2-3H3,(H,25,28)(H,26,27)/b13-10+. The van der Waals surface area contributed by atoms with Crippen molar-refractivity contribution >= 4 is 29.5 Å². The average Bonchev–Trinajstić information content (AvgIpc) is 2.77. The van der Waals surface area contributed by atoms with E-state index in [9.17, 15) is 14.4 Å². The lowest BCUT2D eigenvalue weighted by Crippen LogP contribution is -2.35. The summed E-state index contributed by atoms with van der Waals surface area (Å²) in [5.41, 5.74) is 3.48. The highest BCUT2D eigenvalue weighted by Crippen LogP contribution is 2.17. The predicted octanol–water partition coefficient (Wildman–Crippen LogP) is 3.18. The van der Waals surface area contributed by atoms with E-state index in [0.717, 1.165) is 16.7 Å². The molecular formula is C24H26N2O5. The Morgan fingerprint density at radius 1 is 1.03 bits per heavy atom. The number of amides is 2. The van der Waals surface area contributed by atoms with E-state index in [1.807, 2.05) is 26.0 Å². The van der Waals surface area contributed by atoms with Crippen molar-refractivity contribution in [3.8, 4) is 5.75 Å². The Labute approximate surface area is 181 Å². The van der Waals surface area contributed by atoms with Gasteiger partial charge in [0.25, 0.3) is 5.91 Å². The van der Waals surface area contributed by atoms with Gasteiger partial charge >= 0.3 is 5.97 Å². The molecule has 2 amide bonds. The number of esters is 1. The molecule has 2 aromatic carbocycles. The van der Waals surface area contributed by atoms with Crippen LogP contribution in [0.5, 0.6) is 5.75 Å². The molecule has 31 heavy (non-hydrogen) atoms. The maximum absolute atomic E-state index is 12.0. The van der Waals surface area contributed by atoms with Crippen LogP contribution in [0.4, 0.5) is 5.69 Å². The molecule has 2 rings (SSSR count). The van der Waals surface area contributed by atoms with E-state index in [4.69, 9.17) is 9.47 Å². The third kappa shape index (κ3) is 8.18. The summed E-state index contributed by atoms with van der Waals surface area (Å²) in [6.45, 7) is 7.14. The highest BCUT2D eigenvalue weighted by atomic mass is 16.5. The second-order valence-electron chi connectivity index (χ2n) is 6.68. The van der Waals surface area contributed by atoms with E-state index in [1.165, 1.54) is 6.08 Å². The Hall–Kier alpha value is -3.87. The number of carbonyl (C=O) groups is 3. The predicted molar refractivity (Wildman–Crippen MR) is 120 cm³/mol. The van der Waals surface area contributed by atoms with E-state index in [1.54, 1.807) is 42.5 Å². The summed E-state index contributed by atoms with van der Waals surface area (Å²) in [6, 6.07) is 12.7. The van der Waals surface area contributed by atoms with E-state index in [-0.39, 0.29) is 12.5 Å². The van der Waals surface area contributed by atoms with Crippen LogP contribution in [0, 0.1) is 13.8 Å². The number of benzene rings is 2. The molecule has 0 aliphatic heterocycles. The summed E-state index contributed by atoms with van der Waals surface area (Å²) in [5, 5.41) is 5.15. The fourth-order valence-corrected chi connectivity index (χ4v) is 2.49. The zero-order valence-corrected chi connectivity index (χ0v) is 17.6. The van der Waals surface area contributed by atoms with Gasteiger partial charge in [0.05, 0.1) is 6.54 Å². The first-order chi connectivity index (χ1) is 14.9. The Kier molecular flexibility index (Phi) is 9.04. The summed E-state index contributed by atoms with van der Waals surface area (Å²) in [7, 11) is 0. The maximum Gasteiger partial charge on any atom is 0.331 e. The van der Waals surface area contributed by atoms with Gasteiger partial charge in [0, 0.05) is 11.8 Å². The number of hydrogen-bond acceptors (Lipinski definition) is 5. The van der Waals surface area contributed by atoms with Gasteiger partial charge in [-0.15, -0.1) is 0 Å². The summed E-state index contributed by atoms with van der Waals surface area (Å²) in [6.07, 6.45) is 4.44. The molecule has 7 nitrogen and oxygen atoms in total. The first kappa shape index (κ1) is 23.4. The van der Waals surface area contributed by atoms with Crippen LogP contribution in [0.1, 0.15) is 16.7 Å². The minimum atomic E-state index is -0.665. The number of nitrogens with one attached hydrogen (secondary N) is 2. The molecule has 7 heteroatoms. The van der Waals surface area contributed by atoms with Gasteiger partial charge in [-0.05, 0) is 54.8 Å². The molecule has 0 spiro atoms. The molecule has 0 aliphatic rings. The maximum atomic E-state index is 12.0. The molecule has 2 N–H and O–H groups in total. The van der Waals surface area contributed by atoms with Gasteiger partial charge in [-0.2, -0.15) is 0 Å². The van der Waals surface area contributed by atoms with Crippen LogP contribution in [-0.4, -0.2) is 37.5 Å². The molecular weight excluding hydrogens is 396 g/mol. The van der Waals surface area contributed by atoms with E-state index in [2.05, 4.69) is 17.2 Å². The number of rotatable bonds is 10. The third-order valence-corrected chi connectivity index (χ3v) is 4.33. The molecule has 0 unspecified atom stereocenters. The topological polar surface area (TPSA) is 93.7 Å². The zero-order valence-electron chi connectivity index (χ0n) is 17.6. The summed E-state index contributed by atoms with van der Waals surface area (Å²) < 4.78 is 10.3. The first-order valence-electron chi connectivity index (χ1n) is 9.70. The van der Waals surface area contributed by atoms with Gasteiger partial charge < -0.3 is 20.1 Å². The van der Waals surface area contributed by atoms with E-state index in [0.29, 0.717) is 18.0 Å². The molecule has 162 valence electrons. The number of hydrogen-bond donors (Lipinski definition) is 2. The Bertz CT molecular complexity index is 964. The highest BCUT2D eigenvalue weighted by Gasteiger charge is 2.09. The zero-order chi connectivity index (χ0) is 22.6. The number of anilines is 1. The van der Waals surface area contributed by atoms with Gasteiger partial charge in [0.15, 0.2) is 6.61 Å². The van der Waals surface area contributed by atoms with Gasteiger partial charge in [-0.3, -0.25) is 9.59 Å². The summed E-state index contributed by atoms with van der Waals surface area (Å²) >= 11 is 0. The van der Waals surface area contributed by atoms with Crippen molar-refractivity contribution in [3.63, 3.8) is 0 Å². The second-order valence-corrected chi connectivity index (χ2v) is 6.68.